The van der Waals surface area contributed by atoms with Crippen molar-refractivity contribution < 1.29 is 0 Å². The van der Waals surface area contributed by atoms with Crippen LogP contribution in [0.1, 0.15) is 19.3 Å². The molecule has 1 fully saturated rings. The van der Waals surface area contributed by atoms with E-state index in [1.807, 2.05) is 0 Å². The van der Waals surface area contributed by atoms with E-state index in [-0.39, 0.29) is 0 Å². The fourth-order valence-corrected chi connectivity index (χ4v) is 1.74. The highest BCUT2D eigenvalue weighted by Gasteiger charge is 2.21. The molecule has 0 heterocycles. The largest absolute Gasteiger partial charge is 0.122 e. The van der Waals surface area contributed by atoms with Gasteiger partial charge in [0.25, 0.3) is 0 Å². The molecule has 0 aromatic carbocycles. The van der Waals surface area contributed by atoms with Crippen molar-refractivity contribution >= 4 is 27.5 Å². The van der Waals surface area contributed by atoms with E-state index in [0.29, 0.717) is 10.2 Å². The van der Waals surface area contributed by atoms with Gasteiger partial charge < -0.3 is 0 Å². The molecule has 7 heavy (non-hydrogen) atoms. The molecule has 42 valence electrons. The first-order valence-electron chi connectivity index (χ1n) is 2.59. The summed E-state index contributed by atoms with van der Waals surface area (Å²) >= 11 is 9.29. The van der Waals surface area contributed by atoms with Crippen molar-refractivity contribution in [2.75, 3.05) is 0 Å². The van der Waals surface area contributed by atoms with Crippen molar-refractivity contribution in [2.24, 2.45) is 0 Å². The summed E-state index contributed by atoms with van der Waals surface area (Å²) in [4.78, 5) is 0.592. The van der Waals surface area contributed by atoms with E-state index < -0.39 is 0 Å². The maximum atomic E-state index is 5.82. The first kappa shape index (κ1) is 5.90. The van der Waals surface area contributed by atoms with Crippen LogP contribution in [-0.4, -0.2) is 10.2 Å². The van der Waals surface area contributed by atoms with Gasteiger partial charge in [-0.3, -0.25) is 0 Å². The predicted octanol–water partition coefficient (Wildman–Crippen LogP) is 2.54. The van der Waals surface area contributed by atoms with Gasteiger partial charge in [0.2, 0.25) is 0 Å². The van der Waals surface area contributed by atoms with E-state index in [9.17, 15) is 0 Å². The average molecular weight is 183 g/mol. The number of hydrogen-bond acceptors (Lipinski definition) is 0. The minimum Gasteiger partial charge on any atom is -0.122 e. The first-order chi connectivity index (χ1) is 3.30. The lowest BCUT2D eigenvalue weighted by molar-refractivity contribution is 0.889. The smallest absolute Gasteiger partial charge is 0.0461 e. The first-order valence-corrected chi connectivity index (χ1v) is 3.94. The maximum absolute atomic E-state index is 5.82. The van der Waals surface area contributed by atoms with E-state index in [1.165, 1.54) is 19.3 Å². The van der Waals surface area contributed by atoms with E-state index in [0.717, 1.165) is 0 Å². The van der Waals surface area contributed by atoms with Crippen LogP contribution in [0.3, 0.4) is 0 Å². The lowest BCUT2D eigenvalue weighted by Gasteiger charge is -2.00. The molecule has 0 radical (unpaired) electrons. The average Bonchev–Trinajstić information content (AvgIpc) is 1.91. The van der Waals surface area contributed by atoms with Gasteiger partial charge in [0, 0.05) is 10.2 Å². The van der Waals surface area contributed by atoms with Crippen molar-refractivity contribution in [2.45, 2.75) is 29.5 Å². The van der Waals surface area contributed by atoms with Gasteiger partial charge in [-0.1, -0.05) is 22.4 Å². The molecule has 0 amide bonds. The second-order valence-corrected chi connectivity index (χ2v) is 3.70. The SMILES string of the molecule is Cl[C@@H]1CCC[C@H]1Br. The fraction of sp³-hybridized carbons (Fsp3) is 1.00. The third-order valence-corrected chi connectivity index (χ3v) is 3.28. The third-order valence-electron chi connectivity index (χ3n) is 1.35. The number of alkyl halides is 2. The fourth-order valence-electron chi connectivity index (χ4n) is 0.870. The molecule has 0 unspecified atom stereocenters. The zero-order chi connectivity index (χ0) is 5.28. The standard InChI is InChI=1S/C5H8BrCl/c6-4-2-1-3-5(4)7/h4-5H,1-3H2/t4-,5-/m1/s1. The van der Waals surface area contributed by atoms with Gasteiger partial charge in [0.05, 0.1) is 0 Å². The molecule has 1 aliphatic carbocycles. The van der Waals surface area contributed by atoms with Gasteiger partial charge in [0.1, 0.15) is 0 Å². The summed E-state index contributed by atoms with van der Waals surface area (Å²) in [5.41, 5.74) is 0. The Kier molecular flexibility index (Phi) is 1.99. The molecule has 0 N–H and O–H groups in total. The minimum atomic E-state index is 0.403. The molecule has 1 saturated carbocycles. The van der Waals surface area contributed by atoms with Crippen LogP contribution < -0.4 is 0 Å². The Balaban J connectivity index is 2.33. The molecular formula is C5H8BrCl. The Morgan fingerprint density at radius 1 is 1.43 bits per heavy atom. The van der Waals surface area contributed by atoms with Gasteiger partial charge in [-0.15, -0.1) is 11.6 Å². The molecule has 2 heteroatoms. The maximum Gasteiger partial charge on any atom is 0.0461 e. The van der Waals surface area contributed by atoms with Crippen LogP contribution in [0.15, 0.2) is 0 Å². The topological polar surface area (TPSA) is 0 Å². The lowest BCUT2D eigenvalue weighted by Crippen LogP contribution is -2.02. The quantitative estimate of drug-likeness (QED) is 0.506. The molecule has 2 atom stereocenters. The molecule has 1 rings (SSSR count). The van der Waals surface area contributed by atoms with E-state index in [4.69, 9.17) is 11.6 Å². The second-order valence-electron chi connectivity index (χ2n) is 1.96. The number of rotatable bonds is 0. The van der Waals surface area contributed by atoms with E-state index in [2.05, 4.69) is 15.9 Å². The molecule has 0 aromatic heterocycles. The molecule has 1 aliphatic rings. The minimum absolute atomic E-state index is 0.403. The molecule has 0 aromatic rings. The normalized spacial score (nSPS) is 42.0. The summed E-state index contributed by atoms with van der Waals surface area (Å²) in [6.07, 6.45) is 3.75. The zero-order valence-electron chi connectivity index (χ0n) is 4.03. The molecular weight excluding hydrogens is 175 g/mol. The highest BCUT2D eigenvalue weighted by atomic mass is 79.9. The van der Waals surface area contributed by atoms with E-state index in [1.54, 1.807) is 0 Å². The van der Waals surface area contributed by atoms with Crippen LogP contribution in [0.2, 0.25) is 0 Å². The van der Waals surface area contributed by atoms with Crippen LogP contribution in [0.25, 0.3) is 0 Å². The van der Waals surface area contributed by atoms with Gasteiger partial charge >= 0.3 is 0 Å². The summed E-state index contributed by atoms with van der Waals surface area (Å²) < 4.78 is 0. The summed E-state index contributed by atoms with van der Waals surface area (Å²) in [7, 11) is 0. The summed E-state index contributed by atoms with van der Waals surface area (Å²) in [5.74, 6) is 0. The highest BCUT2D eigenvalue weighted by Crippen LogP contribution is 2.29. The molecule has 0 saturated heterocycles. The van der Waals surface area contributed by atoms with Crippen molar-refractivity contribution in [3.05, 3.63) is 0 Å². The number of halogens is 2. The lowest BCUT2D eigenvalue weighted by atomic mass is 10.4. The van der Waals surface area contributed by atoms with Crippen LogP contribution in [0.5, 0.6) is 0 Å². The Morgan fingerprint density at radius 2 is 2.14 bits per heavy atom. The summed E-state index contributed by atoms with van der Waals surface area (Å²) in [6, 6.07) is 0. The van der Waals surface area contributed by atoms with Gasteiger partial charge in [0.15, 0.2) is 0 Å². The zero-order valence-corrected chi connectivity index (χ0v) is 6.37. The molecule has 0 spiro atoms. The Labute approximate surface area is 57.4 Å². The predicted molar refractivity (Wildman–Crippen MR) is 36.2 cm³/mol. The molecule has 0 aliphatic heterocycles. The van der Waals surface area contributed by atoms with Crippen molar-refractivity contribution in [3.8, 4) is 0 Å². The third kappa shape index (κ3) is 1.33. The van der Waals surface area contributed by atoms with Gasteiger partial charge in [-0.25, -0.2) is 0 Å². The van der Waals surface area contributed by atoms with Crippen LogP contribution in [0.4, 0.5) is 0 Å². The van der Waals surface area contributed by atoms with Crippen molar-refractivity contribution in [3.63, 3.8) is 0 Å². The van der Waals surface area contributed by atoms with Gasteiger partial charge in [-0.2, -0.15) is 0 Å². The van der Waals surface area contributed by atoms with E-state index >= 15 is 0 Å². The van der Waals surface area contributed by atoms with Gasteiger partial charge in [-0.05, 0) is 12.8 Å². The summed E-state index contributed by atoms with van der Waals surface area (Å²) in [5, 5.41) is 0.403. The van der Waals surface area contributed by atoms with Crippen molar-refractivity contribution in [1.82, 2.24) is 0 Å². The molecule has 0 nitrogen and oxygen atoms in total. The molecule has 0 bridgehead atoms. The second kappa shape index (κ2) is 2.36. The Morgan fingerprint density at radius 3 is 2.29 bits per heavy atom. The monoisotopic (exact) mass is 182 g/mol. The van der Waals surface area contributed by atoms with Crippen LogP contribution in [-0.2, 0) is 0 Å². The Hall–Kier alpha value is 0.770. The van der Waals surface area contributed by atoms with Crippen LogP contribution >= 0.6 is 27.5 Å². The summed E-state index contributed by atoms with van der Waals surface area (Å²) in [6.45, 7) is 0. The van der Waals surface area contributed by atoms with Crippen LogP contribution in [0, 0.1) is 0 Å². The Bertz CT molecular complexity index is 57.1. The van der Waals surface area contributed by atoms with Crippen molar-refractivity contribution in [1.29, 1.82) is 0 Å². The number of hydrogen-bond donors (Lipinski definition) is 0. The highest BCUT2D eigenvalue weighted by molar-refractivity contribution is 9.09.